The van der Waals surface area contributed by atoms with Crippen LogP contribution in [-0.4, -0.2) is 12.5 Å². The summed E-state index contributed by atoms with van der Waals surface area (Å²) < 4.78 is 5.58. The Kier molecular flexibility index (Phi) is 4.29. The van der Waals surface area contributed by atoms with Gasteiger partial charge in [-0.25, -0.2) is 0 Å². The first-order valence-corrected chi connectivity index (χ1v) is 7.60. The zero-order chi connectivity index (χ0) is 16.2. The summed E-state index contributed by atoms with van der Waals surface area (Å²) in [6.45, 7) is 4.01. The van der Waals surface area contributed by atoms with Gasteiger partial charge in [-0.2, -0.15) is 0 Å². The quantitative estimate of drug-likeness (QED) is 0.772. The number of carbonyl (C=O) groups excluding carboxylic acids is 1. The summed E-state index contributed by atoms with van der Waals surface area (Å²) in [5.41, 5.74) is 3.02. The number of anilines is 1. The van der Waals surface area contributed by atoms with Crippen LogP contribution in [0, 0.1) is 13.8 Å². The maximum absolute atomic E-state index is 12.1. The van der Waals surface area contributed by atoms with Crippen molar-refractivity contribution in [2.75, 3.05) is 11.9 Å². The summed E-state index contributed by atoms with van der Waals surface area (Å²) in [7, 11) is 0. The molecule has 3 aromatic rings. The Bertz CT molecular complexity index is 835. The third-order valence-corrected chi connectivity index (χ3v) is 3.60. The largest absolute Gasteiger partial charge is 0.484 e. The molecule has 0 unspecified atom stereocenters. The molecule has 1 N–H and O–H groups in total. The van der Waals surface area contributed by atoms with Crippen LogP contribution in [-0.2, 0) is 4.79 Å². The smallest absolute Gasteiger partial charge is 0.262 e. The lowest BCUT2D eigenvalue weighted by Crippen LogP contribution is -2.20. The fourth-order valence-corrected chi connectivity index (χ4v) is 2.63. The number of hydrogen-bond acceptors (Lipinski definition) is 2. The Morgan fingerprint density at radius 3 is 2.35 bits per heavy atom. The minimum atomic E-state index is -0.167. The van der Waals surface area contributed by atoms with Crippen molar-refractivity contribution in [1.82, 2.24) is 0 Å². The molecule has 0 saturated heterocycles. The predicted octanol–water partition coefficient (Wildman–Crippen LogP) is 4.47. The molecule has 0 aliphatic carbocycles. The summed E-state index contributed by atoms with van der Waals surface area (Å²) in [5, 5.41) is 5.12. The Hall–Kier alpha value is -2.81. The fraction of sp³-hybridized carbons (Fsp3) is 0.150. The number of nitrogens with one attached hydrogen (secondary N) is 1. The van der Waals surface area contributed by atoms with E-state index in [0.29, 0.717) is 0 Å². The molecule has 0 heterocycles. The maximum Gasteiger partial charge on any atom is 0.262 e. The number of carbonyl (C=O) groups is 1. The van der Waals surface area contributed by atoms with Gasteiger partial charge in [-0.3, -0.25) is 4.79 Å². The molecule has 3 aromatic carbocycles. The molecule has 0 aliphatic heterocycles. The topological polar surface area (TPSA) is 38.3 Å². The molecule has 0 spiro atoms. The van der Waals surface area contributed by atoms with Crippen molar-refractivity contribution < 1.29 is 9.53 Å². The van der Waals surface area contributed by atoms with E-state index >= 15 is 0 Å². The normalized spacial score (nSPS) is 10.5. The van der Waals surface area contributed by atoms with Crippen LogP contribution >= 0.6 is 0 Å². The predicted molar refractivity (Wildman–Crippen MR) is 94.0 cm³/mol. The lowest BCUT2D eigenvalue weighted by molar-refractivity contribution is -0.118. The minimum Gasteiger partial charge on any atom is -0.484 e. The number of benzene rings is 3. The van der Waals surface area contributed by atoms with Crippen LogP contribution in [0.5, 0.6) is 5.75 Å². The van der Waals surface area contributed by atoms with Gasteiger partial charge in [0.1, 0.15) is 5.75 Å². The molecule has 1 amide bonds. The molecule has 23 heavy (non-hydrogen) atoms. The van der Waals surface area contributed by atoms with Gasteiger partial charge in [-0.05, 0) is 60.0 Å². The van der Waals surface area contributed by atoms with E-state index in [2.05, 4.69) is 11.4 Å². The summed E-state index contributed by atoms with van der Waals surface area (Å²) in [4.78, 5) is 12.1. The first kappa shape index (κ1) is 15.1. The average molecular weight is 305 g/mol. The highest BCUT2D eigenvalue weighted by atomic mass is 16.5. The van der Waals surface area contributed by atoms with Gasteiger partial charge in [0.25, 0.3) is 5.91 Å². The Labute approximate surface area is 135 Å². The van der Waals surface area contributed by atoms with Crippen molar-refractivity contribution >= 4 is 22.4 Å². The highest BCUT2D eigenvalue weighted by Gasteiger charge is 2.05. The van der Waals surface area contributed by atoms with E-state index in [1.165, 1.54) is 0 Å². The first-order valence-electron chi connectivity index (χ1n) is 7.60. The molecule has 0 atom stereocenters. The minimum absolute atomic E-state index is 0.00425. The lowest BCUT2D eigenvalue weighted by atomic mass is 10.1. The summed E-state index contributed by atoms with van der Waals surface area (Å²) in [5.74, 6) is 0.551. The second-order valence-corrected chi connectivity index (χ2v) is 5.72. The molecular formula is C20H19NO2. The van der Waals surface area contributed by atoms with Crippen LogP contribution in [0.25, 0.3) is 10.8 Å². The molecule has 3 nitrogen and oxygen atoms in total. The second-order valence-electron chi connectivity index (χ2n) is 5.72. The van der Waals surface area contributed by atoms with Crippen molar-refractivity contribution in [1.29, 1.82) is 0 Å². The SMILES string of the molecule is Cc1cc(C)cc(OCC(=O)Nc2ccc3ccccc3c2)c1. The molecule has 0 aromatic heterocycles. The van der Waals surface area contributed by atoms with Crippen molar-refractivity contribution in [3.8, 4) is 5.75 Å². The highest BCUT2D eigenvalue weighted by molar-refractivity contribution is 5.95. The summed E-state index contributed by atoms with van der Waals surface area (Å²) in [6, 6.07) is 19.8. The van der Waals surface area contributed by atoms with Crippen molar-refractivity contribution in [3.05, 3.63) is 71.8 Å². The van der Waals surface area contributed by atoms with Crippen molar-refractivity contribution in [3.63, 3.8) is 0 Å². The van der Waals surface area contributed by atoms with Crippen LogP contribution in [0.15, 0.2) is 60.7 Å². The second kappa shape index (κ2) is 6.53. The average Bonchev–Trinajstić information content (AvgIpc) is 2.52. The monoisotopic (exact) mass is 305 g/mol. The first-order chi connectivity index (χ1) is 11.1. The highest BCUT2D eigenvalue weighted by Crippen LogP contribution is 2.19. The third-order valence-electron chi connectivity index (χ3n) is 3.60. The van der Waals surface area contributed by atoms with E-state index in [1.54, 1.807) is 0 Å². The molecule has 116 valence electrons. The molecule has 0 aliphatic rings. The van der Waals surface area contributed by atoms with E-state index in [9.17, 15) is 4.79 Å². The third kappa shape index (κ3) is 3.89. The lowest BCUT2D eigenvalue weighted by Gasteiger charge is -2.09. The van der Waals surface area contributed by atoms with E-state index in [4.69, 9.17) is 4.74 Å². The molecule has 3 rings (SSSR count). The number of amides is 1. The Balaban J connectivity index is 1.64. The van der Waals surface area contributed by atoms with Crippen LogP contribution in [0.3, 0.4) is 0 Å². The van der Waals surface area contributed by atoms with E-state index < -0.39 is 0 Å². The number of aryl methyl sites for hydroxylation is 2. The van der Waals surface area contributed by atoms with Crippen molar-refractivity contribution in [2.24, 2.45) is 0 Å². The van der Waals surface area contributed by atoms with Crippen LogP contribution in [0.2, 0.25) is 0 Å². The number of fused-ring (bicyclic) bond motifs is 1. The Morgan fingerprint density at radius 1 is 0.913 bits per heavy atom. The van der Waals surface area contributed by atoms with E-state index in [1.807, 2.05) is 68.4 Å². The van der Waals surface area contributed by atoms with Gasteiger partial charge < -0.3 is 10.1 Å². The van der Waals surface area contributed by atoms with Gasteiger partial charge in [-0.15, -0.1) is 0 Å². The molecule has 0 fully saturated rings. The van der Waals surface area contributed by atoms with Crippen LogP contribution in [0.4, 0.5) is 5.69 Å². The molecule has 0 bridgehead atoms. The molecule has 0 radical (unpaired) electrons. The molecule has 3 heteroatoms. The fourth-order valence-electron chi connectivity index (χ4n) is 2.63. The maximum atomic E-state index is 12.1. The van der Waals surface area contributed by atoms with Gasteiger partial charge in [-0.1, -0.05) is 36.4 Å². The van der Waals surface area contributed by atoms with Crippen molar-refractivity contribution in [2.45, 2.75) is 13.8 Å². The van der Waals surface area contributed by atoms with Gasteiger partial charge in [0, 0.05) is 5.69 Å². The van der Waals surface area contributed by atoms with Gasteiger partial charge >= 0.3 is 0 Å². The van der Waals surface area contributed by atoms with Crippen LogP contribution in [0.1, 0.15) is 11.1 Å². The number of ether oxygens (including phenoxy) is 1. The Morgan fingerprint density at radius 2 is 1.61 bits per heavy atom. The molecule has 0 saturated carbocycles. The van der Waals surface area contributed by atoms with E-state index in [-0.39, 0.29) is 12.5 Å². The summed E-state index contributed by atoms with van der Waals surface area (Å²) in [6.07, 6.45) is 0. The summed E-state index contributed by atoms with van der Waals surface area (Å²) >= 11 is 0. The standard InChI is InChI=1S/C20H19NO2/c1-14-9-15(2)11-19(10-14)23-13-20(22)21-18-8-7-16-5-3-4-6-17(16)12-18/h3-12H,13H2,1-2H3,(H,21,22). The van der Waals surface area contributed by atoms with Crippen LogP contribution < -0.4 is 10.1 Å². The zero-order valence-electron chi connectivity index (χ0n) is 13.3. The molecular weight excluding hydrogens is 286 g/mol. The number of rotatable bonds is 4. The number of hydrogen-bond donors (Lipinski definition) is 1. The zero-order valence-corrected chi connectivity index (χ0v) is 13.3. The van der Waals surface area contributed by atoms with Gasteiger partial charge in [0.15, 0.2) is 6.61 Å². The van der Waals surface area contributed by atoms with E-state index in [0.717, 1.165) is 33.3 Å². The van der Waals surface area contributed by atoms with Gasteiger partial charge in [0.2, 0.25) is 0 Å². The van der Waals surface area contributed by atoms with Gasteiger partial charge in [0.05, 0.1) is 0 Å².